The summed E-state index contributed by atoms with van der Waals surface area (Å²) in [7, 11) is 0. The van der Waals surface area contributed by atoms with Crippen LogP contribution in [0.1, 0.15) is 23.2 Å². The van der Waals surface area contributed by atoms with Gasteiger partial charge in [0.1, 0.15) is 5.76 Å². The van der Waals surface area contributed by atoms with Gasteiger partial charge in [0.25, 0.3) is 5.91 Å². The van der Waals surface area contributed by atoms with E-state index in [2.05, 4.69) is 42.1 Å². The van der Waals surface area contributed by atoms with Crippen LogP contribution in [0.5, 0.6) is 0 Å². The number of amides is 2. The molecule has 3 rings (SSSR count). The van der Waals surface area contributed by atoms with Crippen molar-refractivity contribution in [3.8, 4) is 0 Å². The molecule has 1 atom stereocenters. The van der Waals surface area contributed by atoms with Crippen molar-refractivity contribution in [2.45, 2.75) is 19.9 Å². The van der Waals surface area contributed by atoms with Gasteiger partial charge in [0.15, 0.2) is 5.76 Å². The molecule has 1 N–H and O–H groups in total. The molecule has 1 aromatic heterocycles. The van der Waals surface area contributed by atoms with E-state index in [4.69, 9.17) is 4.42 Å². The number of benzene rings is 1. The topological polar surface area (TPSA) is 65.8 Å². The zero-order valence-corrected chi connectivity index (χ0v) is 18.3. The first kappa shape index (κ1) is 20.1. The summed E-state index contributed by atoms with van der Waals surface area (Å²) in [6, 6.07) is 8.82. The van der Waals surface area contributed by atoms with E-state index < -0.39 is 0 Å². The van der Waals surface area contributed by atoms with E-state index in [0.717, 1.165) is 20.4 Å². The Labute approximate surface area is 175 Å². The average molecular weight is 499 g/mol. The SMILES string of the molecule is Cc1ccc(C(=O)N2CCN(C(C)C(=O)Nc3ccc(Br)cc3Br)CC2)o1. The molecular weight excluding hydrogens is 478 g/mol. The first-order chi connectivity index (χ1) is 12.8. The number of piperazine rings is 1. The van der Waals surface area contributed by atoms with E-state index in [1.165, 1.54) is 0 Å². The van der Waals surface area contributed by atoms with Gasteiger partial charge in [0.05, 0.1) is 11.7 Å². The van der Waals surface area contributed by atoms with E-state index in [0.29, 0.717) is 31.9 Å². The Morgan fingerprint density at radius 3 is 2.41 bits per heavy atom. The number of hydrogen-bond acceptors (Lipinski definition) is 4. The van der Waals surface area contributed by atoms with Gasteiger partial charge in [0, 0.05) is 35.1 Å². The fraction of sp³-hybridized carbons (Fsp3) is 0.368. The van der Waals surface area contributed by atoms with Crippen molar-refractivity contribution in [1.82, 2.24) is 9.80 Å². The summed E-state index contributed by atoms with van der Waals surface area (Å²) in [4.78, 5) is 28.9. The number of carbonyl (C=O) groups is 2. The first-order valence-corrected chi connectivity index (χ1v) is 10.3. The molecule has 0 spiro atoms. The molecule has 0 radical (unpaired) electrons. The lowest BCUT2D eigenvalue weighted by molar-refractivity contribution is -0.121. The second-order valence-corrected chi connectivity index (χ2v) is 8.30. The van der Waals surface area contributed by atoms with Crippen molar-refractivity contribution < 1.29 is 14.0 Å². The molecule has 1 fully saturated rings. The van der Waals surface area contributed by atoms with Gasteiger partial charge in [-0.1, -0.05) is 15.9 Å². The Bertz CT molecular complexity index is 844. The van der Waals surface area contributed by atoms with E-state index in [1.807, 2.05) is 32.0 Å². The monoisotopic (exact) mass is 497 g/mol. The van der Waals surface area contributed by atoms with Crippen LogP contribution in [0.4, 0.5) is 5.69 Å². The van der Waals surface area contributed by atoms with Crippen molar-refractivity contribution in [1.29, 1.82) is 0 Å². The van der Waals surface area contributed by atoms with Crippen molar-refractivity contribution in [2.75, 3.05) is 31.5 Å². The highest BCUT2D eigenvalue weighted by Gasteiger charge is 2.29. The molecule has 2 heterocycles. The fourth-order valence-electron chi connectivity index (χ4n) is 3.01. The maximum absolute atomic E-state index is 12.6. The molecule has 1 aromatic carbocycles. The number of furan rings is 1. The predicted octanol–water partition coefficient (Wildman–Crippen LogP) is 3.90. The van der Waals surface area contributed by atoms with Crippen LogP contribution in [0.25, 0.3) is 0 Å². The van der Waals surface area contributed by atoms with Crippen LogP contribution in [-0.4, -0.2) is 53.8 Å². The summed E-state index contributed by atoms with van der Waals surface area (Å²) < 4.78 is 7.18. The molecule has 144 valence electrons. The summed E-state index contributed by atoms with van der Waals surface area (Å²) in [6.45, 7) is 6.12. The van der Waals surface area contributed by atoms with Crippen LogP contribution in [0.3, 0.4) is 0 Å². The normalized spacial score (nSPS) is 16.2. The van der Waals surface area contributed by atoms with Gasteiger partial charge >= 0.3 is 0 Å². The van der Waals surface area contributed by atoms with Crippen molar-refractivity contribution in [2.24, 2.45) is 0 Å². The quantitative estimate of drug-likeness (QED) is 0.694. The largest absolute Gasteiger partial charge is 0.456 e. The minimum atomic E-state index is -0.288. The van der Waals surface area contributed by atoms with E-state index >= 15 is 0 Å². The number of halogens is 2. The number of anilines is 1. The molecule has 6 nitrogen and oxygen atoms in total. The third-order valence-corrected chi connectivity index (χ3v) is 5.82. The Hall–Kier alpha value is -1.64. The Morgan fingerprint density at radius 2 is 1.81 bits per heavy atom. The van der Waals surface area contributed by atoms with E-state index in [-0.39, 0.29) is 17.9 Å². The number of aryl methyl sites for hydroxylation is 1. The molecule has 2 amide bonds. The molecule has 1 unspecified atom stereocenters. The number of nitrogens with zero attached hydrogens (tertiary/aromatic N) is 2. The zero-order valence-electron chi connectivity index (χ0n) is 15.2. The van der Waals surface area contributed by atoms with Gasteiger partial charge in [0.2, 0.25) is 5.91 Å². The summed E-state index contributed by atoms with van der Waals surface area (Å²) >= 11 is 6.86. The standard InChI is InChI=1S/C19H21Br2N3O3/c1-12-3-6-17(27-12)19(26)24-9-7-23(8-10-24)13(2)18(25)22-16-5-4-14(20)11-15(16)21/h3-6,11,13H,7-10H2,1-2H3,(H,22,25). The highest BCUT2D eigenvalue weighted by atomic mass is 79.9. The predicted molar refractivity (Wildman–Crippen MR) is 111 cm³/mol. The fourth-order valence-corrected chi connectivity index (χ4v) is 4.16. The third kappa shape index (κ3) is 4.80. The van der Waals surface area contributed by atoms with Gasteiger partial charge in [-0.05, 0) is 60.1 Å². The second kappa shape index (κ2) is 8.58. The van der Waals surface area contributed by atoms with Crippen molar-refractivity contribution >= 4 is 49.4 Å². The molecular formula is C19H21Br2N3O3. The molecule has 27 heavy (non-hydrogen) atoms. The van der Waals surface area contributed by atoms with Gasteiger partial charge in [-0.3, -0.25) is 14.5 Å². The van der Waals surface area contributed by atoms with Gasteiger partial charge in [-0.2, -0.15) is 0 Å². The van der Waals surface area contributed by atoms with Crippen LogP contribution in [-0.2, 0) is 4.79 Å². The Morgan fingerprint density at radius 1 is 1.11 bits per heavy atom. The average Bonchev–Trinajstić information content (AvgIpc) is 3.09. The second-order valence-electron chi connectivity index (χ2n) is 6.53. The first-order valence-electron chi connectivity index (χ1n) is 8.71. The highest BCUT2D eigenvalue weighted by Crippen LogP contribution is 2.26. The van der Waals surface area contributed by atoms with Gasteiger partial charge in [-0.25, -0.2) is 0 Å². The van der Waals surface area contributed by atoms with Crippen molar-refractivity contribution in [3.05, 3.63) is 50.8 Å². The minimum Gasteiger partial charge on any atom is -0.456 e. The van der Waals surface area contributed by atoms with Crippen molar-refractivity contribution in [3.63, 3.8) is 0 Å². The van der Waals surface area contributed by atoms with Crippen LogP contribution in [0.15, 0.2) is 43.7 Å². The molecule has 2 aromatic rings. The molecule has 1 saturated heterocycles. The molecule has 0 bridgehead atoms. The zero-order chi connectivity index (χ0) is 19.6. The molecule has 1 aliphatic rings. The Balaban J connectivity index is 1.55. The molecule has 0 aliphatic carbocycles. The van der Waals surface area contributed by atoms with Gasteiger partial charge < -0.3 is 14.6 Å². The Kier molecular flexibility index (Phi) is 6.39. The van der Waals surface area contributed by atoms with Crippen LogP contribution in [0.2, 0.25) is 0 Å². The molecule has 1 aliphatic heterocycles. The molecule has 0 saturated carbocycles. The lowest BCUT2D eigenvalue weighted by atomic mass is 10.2. The highest BCUT2D eigenvalue weighted by molar-refractivity contribution is 9.11. The number of carbonyl (C=O) groups excluding carboxylic acids is 2. The van der Waals surface area contributed by atoms with Crippen LogP contribution >= 0.6 is 31.9 Å². The summed E-state index contributed by atoms with van der Waals surface area (Å²) in [5, 5.41) is 2.95. The number of hydrogen-bond donors (Lipinski definition) is 1. The van der Waals surface area contributed by atoms with Crippen LogP contribution in [0, 0.1) is 6.92 Å². The minimum absolute atomic E-state index is 0.0699. The van der Waals surface area contributed by atoms with E-state index in [9.17, 15) is 9.59 Å². The van der Waals surface area contributed by atoms with Crippen LogP contribution < -0.4 is 5.32 Å². The number of rotatable bonds is 4. The summed E-state index contributed by atoms with van der Waals surface area (Å²) in [5.41, 5.74) is 0.733. The maximum Gasteiger partial charge on any atom is 0.289 e. The maximum atomic E-state index is 12.6. The number of nitrogens with one attached hydrogen (secondary N) is 1. The lowest BCUT2D eigenvalue weighted by Gasteiger charge is -2.37. The summed E-state index contributed by atoms with van der Waals surface area (Å²) in [5.74, 6) is 0.923. The lowest BCUT2D eigenvalue weighted by Crippen LogP contribution is -2.54. The summed E-state index contributed by atoms with van der Waals surface area (Å²) in [6.07, 6.45) is 0. The smallest absolute Gasteiger partial charge is 0.289 e. The third-order valence-electron chi connectivity index (χ3n) is 4.67. The molecule has 8 heteroatoms. The van der Waals surface area contributed by atoms with Gasteiger partial charge in [-0.15, -0.1) is 0 Å². The van der Waals surface area contributed by atoms with E-state index in [1.54, 1.807) is 17.0 Å².